The lowest BCUT2D eigenvalue weighted by molar-refractivity contribution is -0.163. The van der Waals surface area contributed by atoms with Crippen LogP contribution in [0, 0.1) is 0 Å². The van der Waals surface area contributed by atoms with Crippen molar-refractivity contribution in [2.75, 3.05) is 0 Å². The van der Waals surface area contributed by atoms with Crippen LogP contribution < -0.4 is 0 Å². The van der Waals surface area contributed by atoms with E-state index in [2.05, 4.69) is 19.1 Å². The fraction of sp³-hybridized carbons (Fsp3) is 0.704. The lowest BCUT2D eigenvalue weighted by atomic mass is 10.0. The lowest BCUT2D eigenvalue weighted by Crippen LogP contribution is -2.25. The summed E-state index contributed by atoms with van der Waals surface area (Å²) in [5.74, 6) is -1.61. The maximum Gasteiger partial charge on any atom is 0.345 e. The van der Waals surface area contributed by atoms with Crippen LogP contribution >= 0.6 is 0 Å². The van der Waals surface area contributed by atoms with Crippen LogP contribution in [-0.4, -0.2) is 29.3 Å². The van der Waals surface area contributed by atoms with Crippen molar-refractivity contribution in [3.63, 3.8) is 0 Å². The summed E-state index contributed by atoms with van der Waals surface area (Å²) in [5.41, 5.74) is 1.19. The molecule has 0 radical (unpaired) electrons. The maximum atomic E-state index is 11.2. The van der Waals surface area contributed by atoms with Crippen LogP contribution in [-0.2, 0) is 25.7 Å². The zero-order chi connectivity index (χ0) is 23.4. The predicted molar refractivity (Wildman–Crippen MR) is 129 cm³/mol. The highest BCUT2D eigenvalue weighted by molar-refractivity contribution is 5.76. The second-order valence-corrected chi connectivity index (χ2v) is 8.76. The van der Waals surface area contributed by atoms with Crippen molar-refractivity contribution in [2.24, 2.45) is 0 Å². The van der Waals surface area contributed by atoms with Crippen molar-refractivity contribution >= 4 is 11.9 Å². The number of benzene rings is 1. The molecule has 5 nitrogen and oxygen atoms in total. The largest absolute Gasteiger partial charge is 0.479 e. The SMILES string of the molecule is CCCCCCCCCCC(CCCCCC(OC(C)=O)C(=O)O)OCc1ccccc1. The van der Waals surface area contributed by atoms with Crippen LogP contribution in [0.4, 0.5) is 0 Å². The number of esters is 1. The second-order valence-electron chi connectivity index (χ2n) is 8.76. The molecule has 0 saturated carbocycles. The molecule has 0 aliphatic heterocycles. The summed E-state index contributed by atoms with van der Waals surface area (Å²) in [6.45, 7) is 4.13. The van der Waals surface area contributed by atoms with E-state index in [0.29, 0.717) is 13.0 Å². The number of carboxylic acids is 1. The van der Waals surface area contributed by atoms with Gasteiger partial charge in [0.15, 0.2) is 6.10 Å². The van der Waals surface area contributed by atoms with E-state index in [4.69, 9.17) is 14.6 Å². The first-order chi connectivity index (χ1) is 15.5. The number of carboxylic acid groups (broad SMARTS) is 1. The van der Waals surface area contributed by atoms with Gasteiger partial charge in [0, 0.05) is 6.92 Å². The first-order valence-corrected chi connectivity index (χ1v) is 12.6. The molecule has 0 aliphatic rings. The van der Waals surface area contributed by atoms with Crippen molar-refractivity contribution in [3.8, 4) is 0 Å². The smallest absolute Gasteiger partial charge is 0.345 e. The first kappa shape index (κ1) is 28.2. The Labute approximate surface area is 194 Å². The van der Waals surface area contributed by atoms with E-state index in [1.54, 1.807) is 0 Å². The summed E-state index contributed by atoms with van der Waals surface area (Å²) in [7, 11) is 0. The summed E-state index contributed by atoms with van der Waals surface area (Å²) < 4.78 is 11.1. The topological polar surface area (TPSA) is 72.8 Å². The monoisotopic (exact) mass is 448 g/mol. The fourth-order valence-electron chi connectivity index (χ4n) is 3.92. The van der Waals surface area contributed by atoms with Crippen molar-refractivity contribution in [3.05, 3.63) is 35.9 Å². The number of aliphatic carboxylic acids is 1. The van der Waals surface area contributed by atoms with Gasteiger partial charge < -0.3 is 14.6 Å². The molecule has 1 N–H and O–H groups in total. The molecule has 1 rings (SSSR count). The van der Waals surface area contributed by atoms with Crippen molar-refractivity contribution in [2.45, 2.75) is 123 Å². The number of carbonyl (C=O) groups is 2. The molecule has 0 aromatic heterocycles. The van der Waals surface area contributed by atoms with Gasteiger partial charge in [-0.15, -0.1) is 0 Å². The number of hydrogen-bond acceptors (Lipinski definition) is 4. The highest BCUT2D eigenvalue weighted by Gasteiger charge is 2.20. The minimum atomic E-state index is -1.07. The van der Waals surface area contributed by atoms with Gasteiger partial charge in [-0.25, -0.2) is 4.79 Å². The van der Waals surface area contributed by atoms with E-state index in [0.717, 1.165) is 32.1 Å². The van der Waals surface area contributed by atoms with Gasteiger partial charge in [0.25, 0.3) is 0 Å². The molecule has 1 aromatic rings. The average Bonchev–Trinajstić information content (AvgIpc) is 2.77. The Balaban J connectivity index is 2.31. The molecule has 0 heterocycles. The maximum absolute atomic E-state index is 11.2. The predicted octanol–water partition coefficient (Wildman–Crippen LogP) is 7.07. The number of carbonyl (C=O) groups excluding carboxylic acids is 1. The van der Waals surface area contributed by atoms with Crippen LogP contribution in [0.15, 0.2) is 30.3 Å². The van der Waals surface area contributed by atoms with E-state index in [1.807, 2.05) is 18.2 Å². The number of ether oxygens (including phenoxy) is 2. The summed E-state index contributed by atoms with van der Waals surface area (Å²) in [6, 6.07) is 10.3. The minimum absolute atomic E-state index is 0.235. The van der Waals surface area contributed by atoms with Gasteiger partial charge in [0.05, 0.1) is 12.7 Å². The highest BCUT2D eigenvalue weighted by Crippen LogP contribution is 2.19. The fourth-order valence-corrected chi connectivity index (χ4v) is 3.92. The van der Waals surface area contributed by atoms with E-state index in [9.17, 15) is 9.59 Å². The number of unbranched alkanes of at least 4 members (excludes halogenated alkanes) is 9. The number of rotatable bonds is 20. The van der Waals surface area contributed by atoms with Gasteiger partial charge in [-0.1, -0.05) is 101 Å². The Hall–Kier alpha value is -1.88. The third-order valence-corrected chi connectivity index (χ3v) is 5.78. The van der Waals surface area contributed by atoms with E-state index in [1.165, 1.54) is 63.9 Å². The Morgan fingerprint density at radius 3 is 1.91 bits per heavy atom. The molecule has 0 spiro atoms. The summed E-state index contributed by atoms with van der Waals surface area (Å²) in [6.07, 6.45) is 14.7. The molecule has 32 heavy (non-hydrogen) atoms. The third-order valence-electron chi connectivity index (χ3n) is 5.78. The summed E-state index contributed by atoms with van der Waals surface area (Å²) >= 11 is 0. The van der Waals surface area contributed by atoms with Gasteiger partial charge in [-0.2, -0.15) is 0 Å². The van der Waals surface area contributed by atoms with Crippen LogP contribution in [0.1, 0.15) is 109 Å². The molecule has 0 aliphatic carbocycles. The van der Waals surface area contributed by atoms with Crippen LogP contribution in [0.25, 0.3) is 0 Å². The van der Waals surface area contributed by atoms with Gasteiger partial charge in [0.2, 0.25) is 0 Å². The van der Waals surface area contributed by atoms with Crippen LogP contribution in [0.5, 0.6) is 0 Å². The Kier molecular flexibility index (Phi) is 16.4. The van der Waals surface area contributed by atoms with Crippen molar-refractivity contribution < 1.29 is 24.2 Å². The summed E-state index contributed by atoms with van der Waals surface area (Å²) in [4.78, 5) is 22.2. The Morgan fingerprint density at radius 1 is 0.812 bits per heavy atom. The zero-order valence-corrected chi connectivity index (χ0v) is 20.2. The Morgan fingerprint density at radius 2 is 1.34 bits per heavy atom. The standard InChI is InChI=1S/C27H44O5/c1-3-4-5-6-7-8-9-14-19-25(31-22-24-17-12-10-13-18-24)20-15-11-16-21-26(27(29)30)32-23(2)28/h10,12-13,17-18,25-26H,3-9,11,14-16,19-22H2,1-2H3,(H,29,30). The molecule has 0 amide bonds. The van der Waals surface area contributed by atoms with Gasteiger partial charge in [-0.05, 0) is 31.2 Å². The molecular weight excluding hydrogens is 404 g/mol. The molecule has 5 heteroatoms. The lowest BCUT2D eigenvalue weighted by Gasteiger charge is -2.18. The van der Waals surface area contributed by atoms with Gasteiger partial charge in [-0.3, -0.25) is 4.79 Å². The average molecular weight is 449 g/mol. The third kappa shape index (κ3) is 15.0. The molecular formula is C27H44O5. The van der Waals surface area contributed by atoms with Gasteiger partial charge in [0.1, 0.15) is 0 Å². The molecule has 0 saturated heterocycles. The van der Waals surface area contributed by atoms with E-state index < -0.39 is 18.0 Å². The van der Waals surface area contributed by atoms with E-state index >= 15 is 0 Å². The Bertz CT molecular complexity index is 601. The molecule has 182 valence electrons. The summed E-state index contributed by atoms with van der Waals surface area (Å²) in [5, 5.41) is 9.15. The van der Waals surface area contributed by atoms with Crippen molar-refractivity contribution in [1.82, 2.24) is 0 Å². The molecule has 0 bridgehead atoms. The minimum Gasteiger partial charge on any atom is -0.479 e. The second kappa shape index (κ2) is 18.7. The molecule has 2 unspecified atom stereocenters. The normalized spacial score (nSPS) is 12.9. The molecule has 1 aromatic carbocycles. The van der Waals surface area contributed by atoms with E-state index in [-0.39, 0.29) is 6.10 Å². The highest BCUT2D eigenvalue weighted by atomic mass is 16.6. The molecule has 0 fully saturated rings. The zero-order valence-electron chi connectivity index (χ0n) is 20.2. The van der Waals surface area contributed by atoms with Crippen LogP contribution in [0.2, 0.25) is 0 Å². The quantitative estimate of drug-likeness (QED) is 0.171. The first-order valence-electron chi connectivity index (χ1n) is 12.6. The van der Waals surface area contributed by atoms with Crippen molar-refractivity contribution in [1.29, 1.82) is 0 Å². The molecule has 2 atom stereocenters. The number of hydrogen-bond donors (Lipinski definition) is 1. The van der Waals surface area contributed by atoms with Gasteiger partial charge >= 0.3 is 11.9 Å². The van der Waals surface area contributed by atoms with Crippen LogP contribution in [0.3, 0.4) is 0 Å².